The number of benzene rings is 3. The minimum Gasteiger partial charge on any atom is -0.289 e. The van der Waals surface area contributed by atoms with Gasteiger partial charge in [0.1, 0.15) is 16.7 Å². The molecule has 0 saturated heterocycles. The van der Waals surface area contributed by atoms with Crippen LogP contribution in [0.4, 0.5) is 0 Å². The zero-order valence-corrected chi connectivity index (χ0v) is 19.9. The number of rotatable bonds is 4. The molecule has 0 aliphatic rings. The fourth-order valence-electron chi connectivity index (χ4n) is 4.87. The van der Waals surface area contributed by atoms with Gasteiger partial charge < -0.3 is 0 Å². The van der Waals surface area contributed by atoms with Crippen molar-refractivity contribution in [3.05, 3.63) is 106 Å². The molecule has 0 fully saturated rings. The largest absolute Gasteiger partial charge is 0.289 e. The van der Waals surface area contributed by atoms with Gasteiger partial charge in [0.05, 0.1) is 17.1 Å². The Balaban J connectivity index is 1.73. The summed E-state index contributed by atoms with van der Waals surface area (Å²) in [6.45, 7) is 6.05. The van der Waals surface area contributed by atoms with Crippen LogP contribution in [0, 0.1) is 6.92 Å². The number of para-hydroxylation sites is 2. The van der Waals surface area contributed by atoms with Crippen molar-refractivity contribution in [1.82, 2.24) is 24.1 Å². The minimum absolute atomic E-state index is 0.109. The smallest absolute Gasteiger partial charge is 0.265 e. The van der Waals surface area contributed by atoms with Crippen molar-refractivity contribution >= 4 is 33.2 Å². The molecule has 6 aromatic rings. The maximum Gasteiger partial charge on any atom is 0.265 e. The van der Waals surface area contributed by atoms with E-state index >= 15 is 0 Å². The van der Waals surface area contributed by atoms with Crippen LogP contribution in [-0.2, 0) is 6.42 Å². The molecule has 1 atom stereocenters. The molecule has 172 valence electrons. The van der Waals surface area contributed by atoms with Crippen LogP contribution in [0.2, 0.25) is 0 Å². The Labute approximate surface area is 202 Å². The molecule has 3 aromatic carbocycles. The molecular weight excluding hydrogens is 434 g/mol. The van der Waals surface area contributed by atoms with E-state index in [0.717, 1.165) is 28.7 Å². The summed E-state index contributed by atoms with van der Waals surface area (Å²) in [7, 11) is 0. The number of fused-ring (bicyclic) bond motifs is 4. The van der Waals surface area contributed by atoms with Crippen LogP contribution in [0.5, 0.6) is 0 Å². The zero-order valence-electron chi connectivity index (χ0n) is 19.9. The second-order valence-corrected chi connectivity index (χ2v) is 8.86. The number of aryl methyl sites for hydroxylation is 2. The first kappa shape index (κ1) is 21.2. The summed E-state index contributed by atoms with van der Waals surface area (Å²) in [6.07, 6.45) is 0.956. The third-order valence-electron chi connectivity index (χ3n) is 6.76. The Kier molecular flexibility index (Phi) is 4.95. The van der Waals surface area contributed by atoms with Crippen molar-refractivity contribution < 1.29 is 0 Å². The Morgan fingerprint density at radius 3 is 2.14 bits per heavy atom. The SMILES string of the molecule is CCc1ccc(-n2c3nc4ccccc4nc3c3c(=O)n([C@H](C)c4ccccc4)c(C)nc32)cc1. The van der Waals surface area contributed by atoms with Gasteiger partial charge in [-0.3, -0.25) is 13.9 Å². The van der Waals surface area contributed by atoms with Crippen LogP contribution < -0.4 is 5.56 Å². The lowest BCUT2D eigenvalue weighted by Crippen LogP contribution is -2.27. The topological polar surface area (TPSA) is 65.6 Å². The third-order valence-corrected chi connectivity index (χ3v) is 6.76. The van der Waals surface area contributed by atoms with Gasteiger partial charge in [0.2, 0.25) is 0 Å². The van der Waals surface area contributed by atoms with Crippen molar-refractivity contribution in [2.24, 2.45) is 0 Å². The first-order valence-electron chi connectivity index (χ1n) is 11.9. The van der Waals surface area contributed by atoms with Gasteiger partial charge in [-0.25, -0.2) is 15.0 Å². The summed E-state index contributed by atoms with van der Waals surface area (Å²) >= 11 is 0. The molecule has 0 bridgehead atoms. The van der Waals surface area contributed by atoms with E-state index < -0.39 is 0 Å². The highest BCUT2D eigenvalue weighted by atomic mass is 16.1. The lowest BCUT2D eigenvalue weighted by Gasteiger charge is -2.18. The monoisotopic (exact) mass is 459 g/mol. The van der Waals surface area contributed by atoms with E-state index in [1.807, 2.05) is 73.0 Å². The third kappa shape index (κ3) is 3.33. The average Bonchev–Trinajstić information content (AvgIpc) is 3.20. The Bertz CT molecular complexity index is 1770. The molecular formula is C29H25N5O. The lowest BCUT2D eigenvalue weighted by atomic mass is 10.1. The highest BCUT2D eigenvalue weighted by Crippen LogP contribution is 2.30. The van der Waals surface area contributed by atoms with E-state index in [0.29, 0.717) is 28.0 Å². The molecule has 0 spiro atoms. The quantitative estimate of drug-likeness (QED) is 0.336. The Hall–Kier alpha value is -4.32. The van der Waals surface area contributed by atoms with E-state index in [2.05, 4.69) is 31.2 Å². The Morgan fingerprint density at radius 1 is 0.800 bits per heavy atom. The molecule has 0 aliphatic heterocycles. The maximum absolute atomic E-state index is 14.1. The lowest BCUT2D eigenvalue weighted by molar-refractivity contribution is 0.587. The van der Waals surface area contributed by atoms with Crippen LogP contribution in [0.1, 0.15) is 36.8 Å². The van der Waals surface area contributed by atoms with Gasteiger partial charge in [0.15, 0.2) is 11.3 Å². The van der Waals surface area contributed by atoms with Crippen molar-refractivity contribution in [3.63, 3.8) is 0 Å². The fourth-order valence-corrected chi connectivity index (χ4v) is 4.87. The summed E-state index contributed by atoms with van der Waals surface area (Å²) in [5, 5.41) is 0.492. The normalized spacial score (nSPS) is 12.5. The number of hydrogen-bond acceptors (Lipinski definition) is 4. The molecule has 0 N–H and O–H groups in total. The summed E-state index contributed by atoms with van der Waals surface area (Å²) in [5.41, 5.74) is 6.42. The van der Waals surface area contributed by atoms with Crippen LogP contribution in [-0.4, -0.2) is 24.1 Å². The highest BCUT2D eigenvalue weighted by Gasteiger charge is 2.24. The molecule has 6 nitrogen and oxygen atoms in total. The van der Waals surface area contributed by atoms with Gasteiger partial charge in [-0.05, 0) is 55.7 Å². The summed E-state index contributed by atoms with van der Waals surface area (Å²) < 4.78 is 3.73. The summed E-state index contributed by atoms with van der Waals surface area (Å²) in [4.78, 5) is 28.9. The molecule has 6 rings (SSSR count). The number of aromatic nitrogens is 5. The van der Waals surface area contributed by atoms with Crippen molar-refractivity contribution in [1.29, 1.82) is 0 Å². The molecule has 0 aliphatic carbocycles. The molecule has 0 saturated carbocycles. The van der Waals surface area contributed by atoms with Crippen LogP contribution in [0.25, 0.3) is 38.9 Å². The minimum atomic E-state index is -0.170. The van der Waals surface area contributed by atoms with Crippen LogP contribution in [0.3, 0.4) is 0 Å². The van der Waals surface area contributed by atoms with E-state index in [4.69, 9.17) is 15.0 Å². The second-order valence-electron chi connectivity index (χ2n) is 8.86. The first-order valence-corrected chi connectivity index (χ1v) is 11.9. The van der Waals surface area contributed by atoms with Crippen molar-refractivity contribution in [2.45, 2.75) is 33.2 Å². The van der Waals surface area contributed by atoms with Gasteiger partial charge in [-0.1, -0.05) is 61.5 Å². The molecule has 0 amide bonds. The predicted octanol–water partition coefficient (Wildman–Crippen LogP) is 5.76. The molecule has 3 heterocycles. The average molecular weight is 460 g/mol. The first-order chi connectivity index (χ1) is 17.1. The number of nitrogens with zero attached hydrogens (tertiary/aromatic N) is 5. The maximum atomic E-state index is 14.1. The Morgan fingerprint density at radius 2 is 1.46 bits per heavy atom. The molecule has 3 aromatic heterocycles. The van der Waals surface area contributed by atoms with Gasteiger partial charge in [0.25, 0.3) is 5.56 Å². The van der Waals surface area contributed by atoms with Crippen LogP contribution >= 0.6 is 0 Å². The molecule has 6 heteroatoms. The van der Waals surface area contributed by atoms with Crippen molar-refractivity contribution in [3.8, 4) is 5.69 Å². The molecule has 0 radical (unpaired) electrons. The highest BCUT2D eigenvalue weighted by molar-refractivity contribution is 6.05. The van der Waals surface area contributed by atoms with Gasteiger partial charge in [-0.15, -0.1) is 0 Å². The van der Waals surface area contributed by atoms with Gasteiger partial charge in [-0.2, -0.15) is 0 Å². The van der Waals surface area contributed by atoms with E-state index in [-0.39, 0.29) is 11.6 Å². The molecule has 35 heavy (non-hydrogen) atoms. The predicted molar refractivity (Wildman–Crippen MR) is 140 cm³/mol. The molecule has 0 unspecified atom stereocenters. The van der Waals surface area contributed by atoms with E-state index in [1.54, 1.807) is 4.57 Å². The summed E-state index contributed by atoms with van der Waals surface area (Å²) in [6, 6.07) is 25.9. The van der Waals surface area contributed by atoms with E-state index in [9.17, 15) is 4.79 Å². The van der Waals surface area contributed by atoms with Crippen molar-refractivity contribution in [2.75, 3.05) is 0 Å². The van der Waals surface area contributed by atoms with Gasteiger partial charge in [0, 0.05) is 5.69 Å². The standard InChI is InChI=1S/C29H25N5O/c1-4-20-14-16-22(17-15-20)34-27-25(26-28(34)32-24-13-9-8-12-23(24)31-26)29(35)33(19(3)30-27)18(2)21-10-6-5-7-11-21/h5-18H,4H2,1-3H3/t18-/m1/s1. The fraction of sp³-hybridized carbons (Fsp3) is 0.172. The van der Waals surface area contributed by atoms with E-state index in [1.165, 1.54) is 5.56 Å². The van der Waals surface area contributed by atoms with Gasteiger partial charge >= 0.3 is 0 Å². The second kappa shape index (κ2) is 8.17. The summed E-state index contributed by atoms with van der Waals surface area (Å²) in [5.74, 6) is 0.651. The number of hydrogen-bond donors (Lipinski definition) is 0. The van der Waals surface area contributed by atoms with Crippen LogP contribution in [0.15, 0.2) is 83.7 Å². The zero-order chi connectivity index (χ0) is 24.1.